The fraction of sp³-hybridized carbons (Fsp3) is 0.385. The molecule has 0 saturated carbocycles. The number of ether oxygens (including phenoxy) is 1. The summed E-state index contributed by atoms with van der Waals surface area (Å²) < 4.78 is 11.7. The Labute approximate surface area is 199 Å². The van der Waals surface area contributed by atoms with Crippen molar-refractivity contribution in [1.29, 1.82) is 0 Å². The van der Waals surface area contributed by atoms with Crippen LogP contribution in [0.4, 0.5) is 11.6 Å². The van der Waals surface area contributed by atoms with Crippen molar-refractivity contribution in [2.24, 2.45) is 0 Å². The van der Waals surface area contributed by atoms with Crippen molar-refractivity contribution >= 4 is 28.4 Å². The van der Waals surface area contributed by atoms with Crippen molar-refractivity contribution in [2.45, 2.75) is 13.0 Å². The van der Waals surface area contributed by atoms with E-state index in [2.05, 4.69) is 10.6 Å². The van der Waals surface area contributed by atoms with Gasteiger partial charge in [0.2, 0.25) is 0 Å². The summed E-state index contributed by atoms with van der Waals surface area (Å²) in [5.74, 6) is 0.311. The van der Waals surface area contributed by atoms with Gasteiger partial charge in [-0.3, -0.25) is 9.59 Å². The second-order valence-corrected chi connectivity index (χ2v) is 8.78. The number of likely N-dealkylation sites (N-methyl/N-ethyl adjacent to an activating group) is 1. The lowest BCUT2D eigenvalue weighted by Gasteiger charge is -2.27. The first-order chi connectivity index (χ1) is 16.4. The zero-order valence-electron chi connectivity index (χ0n) is 20.0. The fourth-order valence-corrected chi connectivity index (χ4v) is 4.02. The second kappa shape index (κ2) is 10.7. The van der Waals surface area contributed by atoms with Gasteiger partial charge in [0.15, 0.2) is 11.3 Å². The molecule has 180 valence electrons. The predicted molar refractivity (Wildman–Crippen MR) is 135 cm³/mol. The molecule has 1 fully saturated rings. The largest absolute Gasteiger partial charge is 0.440 e. The molecule has 1 amide bonds. The van der Waals surface area contributed by atoms with E-state index in [1.807, 2.05) is 67.2 Å². The van der Waals surface area contributed by atoms with E-state index in [1.165, 1.54) is 6.07 Å². The van der Waals surface area contributed by atoms with Crippen LogP contribution < -0.4 is 21.0 Å². The summed E-state index contributed by atoms with van der Waals surface area (Å²) in [7, 11) is 3.91. The van der Waals surface area contributed by atoms with Crippen LogP contribution in [0.25, 0.3) is 11.0 Å². The average molecular weight is 465 g/mol. The van der Waals surface area contributed by atoms with Gasteiger partial charge in [-0.05, 0) is 45.3 Å². The number of amides is 1. The van der Waals surface area contributed by atoms with E-state index in [9.17, 15) is 9.59 Å². The summed E-state index contributed by atoms with van der Waals surface area (Å²) in [4.78, 5) is 30.1. The highest BCUT2D eigenvalue weighted by Crippen LogP contribution is 2.30. The quantitative estimate of drug-likeness (QED) is 0.530. The molecule has 4 rings (SSSR count). The molecule has 2 heterocycles. The van der Waals surface area contributed by atoms with Crippen LogP contribution in [0.15, 0.2) is 57.7 Å². The number of hydrogen-bond acceptors (Lipinski definition) is 7. The summed E-state index contributed by atoms with van der Waals surface area (Å²) in [6.07, 6.45) is 0. The Morgan fingerprint density at radius 3 is 2.56 bits per heavy atom. The van der Waals surface area contributed by atoms with Crippen molar-refractivity contribution in [3.05, 3.63) is 69.9 Å². The van der Waals surface area contributed by atoms with E-state index in [0.717, 1.165) is 17.8 Å². The maximum absolute atomic E-state index is 13.2. The summed E-state index contributed by atoms with van der Waals surface area (Å²) in [5.41, 5.74) is 2.46. The number of nitrogens with zero attached hydrogens (tertiary/aromatic N) is 2. The molecule has 0 radical (unpaired) electrons. The molecule has 1 aliphatic rings. The number of anilines is 2. The second-order valence-electron chi connectivity index (χ2n) is 8.78. The van der Waals surface area contributed by atoms with E-state index in [1.54, 1.807) is 6.07 Å². The van der Waals surface area contributed by atoms with Crippen LogP contribution in [0.1, 0.15) is 28.9 Å². The number of fused-ring (bicyclic) bond motifs is 1. The third kappa shape index (κ3) is 5.58. The number of carbonyl (C=O) groups excluding carboxylic acids is 1. The molecular formula is C26H32N4O4. The SMILES string of the molecule is CC(Nc1ccccc1)c1cc(C(=O)NCCN(C)C)cc2c(=O)cc(N3CCOCC3)oc12. The minimum Gasteiger partial charge on any atom is -0.440 e. The number of para-hydroxylation sites is 1. The summed E-state index contributed by atoms with van der Waals surface area (Å²) in [5, 5.41) is 6.79. The van der Waals surface area contributed by atoms with Crippen molar-refractivity contribution in [3.8, 4) is 0 Å². The van der Waals surface area contributed by atoms with Crippen LogP contribution in [0, 0.1) is 0 Å². The van der Waals surface area contributed by atoms with Crippen LogP contribution in [0.5, 0.6) is 0 Å². The molecule has 8 heteroatoms. The van der Waals surface area contributed by atoms with Gasteiger partial charge in [-0.1, -0.05) is 18.2 Å². The van der Waals surface area contributed by atoms with E-state index in [-0.39, 0.29) is 17.4 Å². The topological polar surface area (TPSA) is 87.1 Å². The molecular weight excluding hydrogens is 432 g/mol. The van der Waals surface area contributed by atoms with Gasteiger partial charge >= 0.3 is 0 Å². The monoisotopic (exact) mass is 464 g/mol. The lowest BCUT2D eigenvalue weighted by Crippen LogP contribution is -2.36. The molecule has 3 aromatic rings. The minimum absolute atomic E-state index is 0.168. The number of hydrogen-bond donors (Lipinski definition) is 2. The number of benzene rings is 2. The molecule has 1 aliphatic heterocycles. The molecule has 2 aromatic carbocycles. The summed E-state index contributed by atoms with van der Waals surface area (Å²) >= 11 is 0. The fourth-order valence-electron chi connectivity index (χ4n) is 4.02. The standard InChI is InChI=1S/C26H32N4O4/c1-18(28-20-7-5-4-6-8-20)21-15-19(26(32)27-9-10-29(2)3)16-22-23(31)17-24(34-25(21)22)30-11-13-33-14-12-30/h4-8,15-18,28H,9-14H2,1-3H3,(H,27,32). The summed E-state index contributed by atoms with van der Waals surface area (Å²) in [6, 6.07) is 14.6. The lowest BCUT2D eigenvalue weighted by atomic mass is 10.00. The molecule has 1 atom stereocenters. The smallest absolute Gasteiger partial charge is 0.251 e. The van der Waals surface area contributed by atoms with E-state index >= 15 is 0 Å². The van der Waals surface area contributed by atoms with Gasteiger partial charge < -0.3 is 29.6 Å². The van der Waals surface area contributed by atoms with Crippen molar-refractivity contribution < 1.29 is 13.9 Å². The van der Waals surface area contributed by atoms with Gasteiger partial charge in [0.1, 0.15) is 5.58 Å². The molecule has 1 aromatic heterocycles. The Bertz CT molecular complexity index is 1190. The number of morpholine rings is 1. The van der Waals surface area contributed by atoms with Gasteiger partial charge in [0, 0.05) is 49.1 Å². The first kappa shape index (κ1) is 23.8. The Hall–Kier alpha value is -3.36. The van der Waals surface area contributed by atoms with Crippen LogP contribution in [0.3, 0.4) is 0 Å². The van der Waals surface area contributed by atoms with Gasteiger partial charge in [-0.2, -0.15) is 0 Å². The van der Waals surface area contributed by atoms with E-state index in [0.29, 0.717) is 55.3 Å². The van der Waals surface area contributed by atoms with Crippen LogP contribution in [-0.4, -0.2) is 64.3 Å². The van der Waals surface area contributed by atoms with Crippen molar-refractivity contribution in [1.82, 2.24) is 10.2 Å². The highest BCUT2D eigenvalue weighted by Gasteiger charge is 2.21. The third-order valence-electron chi connectivity index (χ3n) is 5.90. The molecule has 1 unspecified atom stereocenters. The molecule has 8 nitrogen and oxygen atoms in total. The zero-order chi connectivity index (χ0) is 24.1. The van der Waals surface area contributed by atoms with E-state index < -0.39 is 0 Å². The average Bonchev–Trinajstić information content (AvgIpc) is 2.84. The van der Waals surface area contributed by atoms with Gasteiger partial charge in [0.25, 0.3) is 5.91 Å². The van der Waals surface area contributed by atoms with E-state index in [4.69, 9.17) is 9.15 Å². The molecule has 0 aliphatic carbocycles. The summed E-state index contributed by atoms with van der Waals surface area (Å²) in [6.45, 7) is 5.74. The maximum Gasteiger partial charge on any atom is 0.251 e. The maximum atomic E-state index is 13.2. The lowest BCUT2D eigenvalue weighted by molar-refractivity contribution is 0.0951. The van der Waals surface area contributed by atoms with Gasteiger partial charge in [-0.15, -0.1) is 0 Å². The zero-order valence-corrected chi connectivity index (χ0v) is 20.0. The van der Waals surface area contributed by atoms with Crippen molar-refractivity contribution in [2.75, 3.05) is 63.7 Å². The molecule has 0 spiro atoms. The Morgan fingerprint density at radius 2 is 1.85 bits per heavy atom. The minimum atomic E-state index is -0.214. The molecule has 2 N–H and O–H groups in total. The Kier molecular flexibility index (Phi) is 7.49. The van der Waals surface area contributed by atoms with Gasteiger partial charge in [0.05, 0.1) is 24.6 Å². The van der Waals surface area contributed by atoms with Crippen LogP contribution >= 0.6 is 0 Å². The van der Waals surface area contributed by atoms with Crippen LogP contribution in [0.2, 0.25) is 0 Å². The van der Waals surface area contributed by atoms with Crippen LogP contribution in [-0.2, 0) is 4.74 Å². The number of rotatable bonds is 8. The van der Waals surface area contributed by atoms with Crippen molar-refractivity contribution in [3.63, 3.8) is 0 Å². The normalized spacial score (nSPS) is 14.9. The Balaban J connectivity index is 1.75. The number of carbonyl (C=O) groups is 1. The predicted octanol–water partition coefficient (Wildman–Crippen LogP) is 3.09. The number of nitrogens with one attached hydrogen (secondary N) is 2. The van der Waals surface area contributed by atoms with Gasteiger partial charge in [-0.25, -0.2) is 0 Å². The first-order valence-electron chi connectivity index (χ1n) is 11.6. The third-order valence-corrected chi connectivity index (χ3v) is 5.90. The molecule has 34 heavy (non-hydrogen) atoms. The first-order valence-corrected chi connectivity index (χ1v) is 11.6. The highest BCUT2D eigenvalue weighted by molar-refractivity contribution is 5.99. The highest BCUT2D eigenvalue weighted by atomic mass is 16.5. The Morgan fingerprint density at radius 1 is 1.12 bits per heavy atom. The molecule has 0 bridgehead atoms. The molecule has 1 saturated heterocycles.